The van der Waals surface area contributed by atoms with Gasteiger partial charge in [0.25, 0.3) is 5.91 Å². The Morgan fingerprint density at radius 3 is 2.74 bits per heavy atom. The molecular weight excluding hydrogens is 344 g/mol. The molecule has 1 aliphatic rings. The quantitative estimate of drug-likeness (QED) is 0.870. The Hall–Kier alpha value is -2.41. The van der Waals surface area contributed by atoms with Crippen LogP contribution in [0.5, 0.6) is 5.75 Å². The Labute approximate surface area is 160 Å². The number of aryl methyl sites for hydroxylation is 1. The average molecular weight is 372 g/mol. The molecule has 1 aromatic heterocycles. The van der Waals surface area contributed by atoms with Crippen LogP contribution in [0.3, 0.4) is 0 Å². The van der Waals surface area contributed by atoms with Crippen molar-refractivity contribution in [3.8, 4) is 5.75 Å². The van der Waals surface area contributed by atoms with E-state index in [1.54, 1.807) is 10.9 Å². The number of benzene rings is 1. The number of hydrogen-bond acceptors (Lipinski definition) is 5. The summed E-state index contributed by atoms with van der Waals surface area (Å²) < 4.78 is 13.1. The van der Waals surface area contributed by atoms with Crippen molar-refractivity contribution in [1.29, 1.82) is 0 Å². The smallest absolute Gasteiger partial charge is 0.277 e. The lowest BCUT2D eigenvalue weighted by atomic mass is 10.0. The minimum absolute atomic E-state index is 0.222. The standard InChI is InChI=1S/C20H28N4O3/c1-14-5-6-16(11-18(14)27-13-15-7-9-26-10-8-15)21-19(25)17-12-24(23-22-17)20(2,3)4/h5-6,11-12,15H,7-10,13H2,1-4H3,(H,21,25). The van der Waals surface area contributed by atoms with Crippen molar-refractivity contribution in [1.82, 2.24) is 15.0 Å². The topological polar surface area (TPSA) is 78.3 Å². The number of anilines is 1. The first-order chi connectivity index (χ1) is 12.8. The highest BCUT2D eigenvalue weighted by molar-refractivity contribution is 6.02. The molecule has 0 radical (unpaired) electrons. The Morgan fingerprint density at radius 1 is 1.33 bits per heavy atom. The fourth-order valence-corrected chi connectivity index (χ4v) is 2.84. The van der Waals surface area contributed by atoms with Crippen molar-refractivity contribution in [3.63, 3.8) is 0 Å². The number of hydrogen-bond donors (Lipinski definition) is 1. The van der Waals surface area contributed by atoms with Crippen LogP contribution in [0.2, 0.25) is 0 Å². The molecule has 1 amide bonds. The summed E-state index contributed by atoms with van der Waals surface area (Å²) >= 11 is 0. The van der Waals surface area contributed by atoms with Crippen LogP contribution in [0.4, 0.5) is 5.69 Å². The number of carbonyl (C=O) groups is 1. The lowest BCUT2D eigenvalue weighted by molar-refractivity contribution is 0.0496. The number of ether oxygens (including phenoxy) is 2. The molecule has 0 aliphatic carbocycles. The van der Waals surface area contributed by atoms with Gasteiger partial charge in [0.05, 0.1) is 18.3 Å². The van der Waals surface area contributed by atoms with Gasteiger partial charge in [0.2, 0.25) is 0 Å². The number of amides is 1. The molecule has 1 fully saturated rings. The van der Waals surface area contributed by atoms with Crippen LogP contribution in [0.15, 0.2) is 24.4 Å². The number of nitrogens with zero attached hydrogens (tertiary/aromatic N) is 3. The van der Waals surface area contributed by atoms with Crippen molar-refractivity contribution < 1.29 is 14.3 Å². The fourth-order valence-electron chi connectivity index (χ4n) is 2.84. The van der Waals surface area contributed by atoms with Gasteiger partial charge < -0.3 is 14.8 Å². The Bertz CT molecular complexity index is 789. The van der Waals surface area contributed by atoms with Crippen molar-refractivity contribution in [2.75, 3.05) is 25.1 Å². The summed E-state index contributed by atoms with van der Waals surface area (Å²) in [5, 5.41) is 10.9. The number of aromatic nitrogens is 3. The largest absolute Gasteiger partial charge is 0.493 e. The average Bonchev–Trinajstić information content (AvgIpc) is 3.14. The number of rotatable bonds is 5. The van der Waals surface area contributed by atoms with E-state index in [0.717, 1.165) is 37.4 Å². The zero-order chi connectivity index (χ0) is 19.4. The molecule has 0 saturated carbocycles. The van der Waals surface area contributed by atoms with Gasteiger partial charge in [-0.1, -0.05) is 11.3 Å². The fraction of sp³-hybridized carbons (Fsp3) is 0.550. The van der Waals surface area contributed by atoms with E-state index in [-0.39, 0.29) is 17.1 Å². The molecule has 0 atom stereocenters. The van der Waals surface area contributed by atoms with Crippen LogP contribution in [-0.2, 0) is 10.3 Å². The lowest BCUT2D eigenvalue weighted by Crippen LogP contribution is -2.22. The van der Waals surface area contributed by atoms with E-state index in [0.29, 0.717) is 18.2 Å². The minimum atomic E-state index is -0.287. The van der Waals surface area contributed by atoms with Crippen LogP contribution >= 0.6 is 0 Å². The highest BCUT2D eigenvalue weighted by Gasteiger charge is 2.19. The Balaban J connectivity index is 1.64. The molecule has 1 N–H and O–H groups in total. The molecule has 2 heterocycles. The predicted molar refractivity (Wildman–Crippen MR) is 103 cm³/mol. The molecule has 7 heteroatoms. The SMILES string of the molecule is Cc1ccc(NC(=O)c2cn(C(C)(C)C)nn2)cc1OCC1CCOCC1. The molecule has 1 saturated heterocycles. The second-order valence-electron chi connectivity index (χ2n) is 8.02. The summed E-state index contributed by atoms with van der Waals surface area (Å²) in [6.07, 6.45) is 3.71. The first-order valence-corrected chi connectivity index (χ1v) is 9.38. The van der Waals surface area contributed by atoms with Gasteiger partial charge in [-0.15, -0.1) is 5.10 Å². The summed E-state index contributed by atoms with van der Waals surface area (Å²) in [6, 6.07) is 5.67. The van der Waals surface area contributed by atoms with Crippen LogP contribution in [0.1, 0.15) is 49.7 Å². The van der Waals surface area contributed by atoms with E-state index in [4.69, 9.17) is 9.47 Å². The molecule has 1 aromatic carbocycles. The zero-order valence-corrected chi connectivity index (χ0v) is 16.5. The summed E-state index contributed by atoms with van der Waals surface area (Å²) in [7, 11) is 0. The summed E-state index contributed by atoms with van der Waals surface area (Å²) in [4.78, 5) is 12.5. The van der Waals surface area contributed by atoms with Gasteiger partial charge >= 0.3 is 0 Å². The van der Waals surface area contributed by atoms with Crippen molar-refractivity contribution in [2.24, 2.45) is 5.92 Å². The lowest BCUT2D eigenvalue weighted by Gasteiger charge is -2.22. The van der Waals surface area contributed by atoms with Gasteiger partial charge in [-0.3, -0.25) is 4.79 Å². The minimum Gasteiger partial charge on any atom is -0.493 e. The van der Waals surface area contributed by atoms with E-state index in [9.17, 15) is 4.79 Å². The Morgan fingerprint density at radius 2 is 2.07 bits per heavy atom. The van der Waals surface area contributed by atoms with Crippen molar-refractivity contribution >= 4 is 11.6 Å². The molecule has 0 spiro atoms. The molecule has 0 unspecified atom stereocenters. The van der Waals surface area contributed by atoms with E-state index >= 15 is 0 Å². The molecule has 27 heavy (non-hydrogen) atoms. The summed E-state index contributed by atoms with van der Waals surface area (Å²) in [5.74, 6) is 1.02. The molecule has 2 aromatic rings. The number of carbonyl (C=O) groups excluding carboxylic acids is 1. The highest BCUT2D eigenvalue weighted by atomic mass is 16.5. The molecule has 146 valence electrons. The third-order valence-corrected chi connectivity index (χ3v) is 4.67. The maximum atomic E-state index is 12.5. The van der Waals surface area contributed by atoms with Crippen LogP contribution in [-0.4, -0.2) is 40.7 Å². The van der Waals surface area contributed by atoms with E-state index < -0.39 is 0 Å². The molecule has 0 bridgehead atoms. The third kappa shape index (κ3) is 5.07. The second-order valence-corrected chi connectivity index (χ2v) is 8.02. The highest BCUT2D eigenvalue weighted by Crippen LogP contribution is 2.25. The normalized spacial score (nSPS) is 15.6. The maximum absolute atomic E-state index is 12.5. The molecule has 1 aliphatic heterocycles. The van der Waals surface area contributed by atoms with Crippen molar-refractivity contribution in [2.45, 2.75) is 46.1 Å². The number of nitrogens with one attached hydrogen (secondary N) is 1. The van der Waals surface area contributed by atoms with Gasteiger partial charge in [0, 0.05) is 25.0 Å². The van der Waals surface area contributed by atoms with Crippen molar-refractivity contribution in [3.05, 3.63) is 35.7 Å². The first kappa shape index (κ1) is 19.4. The summed E-state index contributed by atoms with van der Waals surface area (Å²) in [6.45, 7) is 10.3. The first-order valence-electron chi connectivity index (χ1n) is 9.38. The van der Waals surface area contributed by atoms with E-state index in [1.807, 2.05) is 45.9 Å². The molecular formula is C20H28N4O3. The summed E-state index contributed by atoms with van der Waals surface area (Å²) in [5.41, 5.74) is 1.78. The van der Waals surface area contributed by atoms with Crippen LogP contribution < -0.4 is 10.1 Å². The van der Waals surface area contributed by atoms with Gasteiger partial charge in [0.1, 0.15) is 5.75 Å². The van der Waals surface area contributed by atoms with Crippen LogP contribution in [0, 0.1) is 12.8 Å². The Kier molecular flexibility index (Phi) is 5.79. The molecule has 7 nitrogen and oxygen atoms in total. The van der Waals surface area contributed by atoms with Gasteiger partial charge in [-0.2, -0.15) is 0 Å². The van der Waals surface area contributed by atoms with Gasteiger partial charge in [0.15, 0.2) is 5.69 Å². The second kappa shape index (κ2) is 8.08. The molecule has 3 rings (SSSR count). The van der Waals surface area contributed by atoms with Gasteiger partial charge in [-0.05, 0) is 58.1 Å². The van der Waals surface area contributed by atoms with Crippen LogP contribution in [0.25, 0.3) is 0 Å². The van der Waals surface area contributed by atoms with Gasteiger partial charge in [-0.25, -0.2) is 4.68 Å². The monoisotopic (exact) mass is 372 g/mol. The van der Waals surface area contributed by atoms with E-state index in [1.165, 1.54) is 0 Å². The maximum Gasteiger partial charge on any atom is 0.277 e. The van der Waals surface area contributed by atoms with E-state index in [2.05, 4.69) is 15.6 Å². The zero-order valence-electron chi connectivity index (χ0n) is 16.5. The third-order valence-electron chi connectivity index (χ3n) is 4.67. The predicted octanol–water partition coefficient (Wildman–Crippen LogP) is 3.40.